The van der Waals surface area contributed by atoms with Crippen molar-refractivity contribution in [1.82, 2.24) is 4.57 Å². The number of nitrogens with zero attached hydrogens (tertiary/aromatic N) is 2. The Morgan fingerprint density at radius 1 is 1.05 bits per heavy atom. The van der Waals surface area contributed by atoms with Gasteiger partial charge in [-0.2, -0.15) is 0 Å². The Kier molecular flexibility index (Phi) is 8.21. The molecule has 1 aliphatic heterocycles. The van der Waals surface area contributed by atoms with Gasteiger partial charge in [-0.05, 0) is 54.7 Å². The monoisotopic (exact) mass is 568 g/mol. The zero-order valence-corrected chi connectivity index (χ0v) is 24.3. The van der Waals surface area contributed by atoms with Gasteiger partial charge in [0.15, 0.2) is 16.3 Å². The van der Waals surface area contributed by atoms with Crippen molar-refractivity contribution >= 4 is 29.1 Å². The first-order valence-electron chi connectivity index (χ1n) is 13.7. The summed E-state index contributed by atoms with van der Waals surface area (Å²) in [7, 11) is 0. The van der Waals surface area contributed by atoms with Gasteiger partial charge in [-0.3, -0.25) is 9.36 Å². The van der Waals surface area contributed by atoms with Crippen molar-refractivity contribution in [3.63, 3.8) is 0 Å². The van der Waals surface area contributed by atoms with E-state index in [1.54, 1.807) is 35.8 Å². The summed E-state index contributed by atoms with van der Waals surface area (Å²) >= 11 is 1.25. The summed E-state index contributed by atoms with van der Waals surface area (Å²) in [5.74, 6) is 0.190. The number of fused-ring (bicyclic) bond motifs is 1. The van der Waals surface area contributed by atoms with Gasteiger partial charge in [-0.15, -0.1) is 0 Å². The number of ether oxygens (including phenoxy) is 2. The fourth-order valence-electron chi connectivity index (χ4n) is 4.86. The summed E-state index contributed by atoms with van der Waals surface area (Å²) in [4.78, 5) is 33.0. The van der Waals surface area contributed by atoms with Crippen LogP contribution >= 0.6 is 11.3 Å². The molecule has 4 aromatic rings. The number of phenolic OH excluding ortho intramolecular Hbond substituents is 1. The van der Waals surface area contributed by atoms with Crippen LogP contribution in [0.25, 0.3) is 11.8 Å². The highest BCUT2D eigenvalue weighted by Gasteiger charge is 2.35. The zero-order valence-electron chi connectivity index (χ0n) is 23.5. The summed E-state index contributed by atoms with van der Waals surface area (Å²) in [6.07, 6.45) is 1.75. The topological polar surface area (TPSA) is 90.1 Å². The third kappa shape index (κ3) is 5.60. The first-order valence-corrected chi connectivity index (χ1v) is 14.5. The molecule has 0 amide bonds. The summed E-state index contributed by atoms with van der Waals surface area (Å²) in [5, 5.41) is 10.1. The number of phenols is 1. The first kappa shape index (κ1) is 28.1. The number of thiazole rings is 1. The molecule has 0 aliphatic carbocycles. The molecule has 3 aromatic carbocycles. The van der Waals surface area contributed by atoms with Gasteiger partial charge in [0.25, 0.3) is 5.56 Å². The van der Waals surface area contributed by atoms with Gasteiger partial charge in [0.05, 0.1) is 35.1 Å². The van der Waals surface area contributed by atoms with Crippen molar-refractivity contribution < 1.29 is 19.4 Å². The predicted molar refractivity (Wildman–Crippen MR) is 161 cm³/mol. The molecule has 0 radical (unpaired) electrons. The summed E-state index contributed by atoms with van der Waals surface area (Å²) < 4.78 is 13.1. The summed E-state index contributed by atoms with van der Waals surface area (Å²) in [5.41, 5.74) is 3.93. The Hall–Kier alpha value is -4.43. The second-order valence-electron chi connectivity index (χ2n) is 9.91. The Morgan fingerprint density at radius 2 is 1.78 bits per heavy atom. The van der Waals surface area contributed by atoms with E-state index < -0.39 is 12.0 Å². The van der Waals surface area contributed by atoms with E-state index >= 15 is 0 Å². The lowest BCUT2D eigenvalue weighted by atomic mass is 9.91. The molecule has 1 N–H and O–H groups in total. The number of rotatable bonds is 8. The standard InChI is InChI=1S/C33H32N2O5S/c1-5-39-26-18-21(12-17-25(26)36)19-27-31(37)35-30(24-15-13-22(14-16-24)20(3)4)28(32(38)40-6-2)29(34-33(35)41-27)23-10-8-7-9-11-23/h7-20,30,36H,5-6H2,1-4H3/b27-19-/t30-/m0/s1. The predicted octanol–water partition coefficient (Wildman–Crippen LogP) is 5.16. The van der Waals surface area contributed by atoms with Crippen molar-refractivity contribution in [2.45, 2.75) is 39.7 Å². The SMILES string of the molecule is CCOC(=O)C1=C(c2ccccc2)N=c2s/c(=C\c3ccc(O)c(OCC)c3)c(=O)n2[C@H]1c1ccc(C(C)C)cc1. The van der Waals surface area contributed by atoms with E-state index in [0.29, 0.717) is 44.4 Å². The molecular weight excluding hydrogens is 536 g/mol. The van der Waals surface area contributed by atoms with Crippen molar-refractivity contribution in [2.24, 2.45) is 4.99 Å². The smallest absolute Gasteiger partial charge is 0.338 e. The maximum atomic E-state index is 14.1. The molecule has 0 bridgehead atoms. The summed E-state index contributed by atoms with van der Waals surface area (Å²) in [6.45, 7) is 8.43. The molecule has 0 saturated heterocycles. The number of hydrogen-bond donors (Lipinski definition) is 1. The van der Waals surface area contributed by atoms with Gasteiger partial charge in [-0.1, -0.05) is 85.8 Å². The van der Waals surface area contributed by atoms with Crippen LogP contribution in [-0.4, -0.2) is 28.9 Å². The quantitative estimate of drug-likeness (QED) is 0.297. The van der Waals surface area contributed by atoms with E-state index in [2.05, 4.69) is 13.8 Å². The molecule has 41 heavy (non-hydrogen) atoms. The number of benzene rings is 3. The largest absolute Gasteiger partial charge is 0.504 e. The number of hydrogen-bond acceptors (Lipinski definition) is 7. The summed E-state index contributed by atoms with van der Waals surface area (Å²) in [6, 6.07) is 21.7. The van der Waals surface area contributed by atoms with Crippen molar-refractivity contribution in [3.05, 3.63) is 120 Å². The highest BCUT2D eigenvalue weighted by molar-refractivity contribution is 7.07. The second kappa shape index (κ2) is 12.0. The average Bonchev–Trinajstić information content (AvgIpc) is 3.28. The Morgan fingerprint density at radius 3 is 2.44 bits per heavy atom. The molecule has 8 heteroatoms. The van der Waals surface area contributed by atoms with Crippen LogP contribution in [0.15, 0.2) is 88.2 Å². The van der Waals surface area contributed by atoms with Crippen LogP contribution in [-0.2, 0) is 9.53 Å². The molecule has 0 fully saturated rings. The van der Waals surface area contributed by atoms with Crippen LogP contribution in [0.3, 0.4) is 0 Å². The molecule has 0 spiro atoms. The lowest BCUT2D eigenvalue weighted by Gasteiger charge is -2.26. The zero-order chi connectivity index (χ0) is 29.1. The fourth-order valence-corrected chi connectivity index (χ4v) is 5.86. The number of aromatic nitrogens is 1. The number of carbonyl (C=O) groups is 1. The van der Waals surface area contributed by atoms with Gasteiger partial charge in [0, 0.05) is 5.56 Å². The van der Waals surface area contributed by atoms with E-state index in [-0.39, 0.29) is 17.9 Å². The van der Waals surface area contributed by atoms with Crippen molar-refractivity contribution in [1.29, 1.82) is 0 Å². The Bertz CT molecular complexity index is 1780. The fraction of sp³-hybridized carbons (Fsp3) is 0.242. The maximum absolute atomic E-state index is 14.1. The van der Waals surface area contributed by atoms with Crippen LogP contribution in [0.5, 0.6) is 11.5 Å². The van der Waals surface area contributed by atoms with Gasteiger partial charge >= 0.3 is 5.97 Å². The van der Waals surface area contributed by atoms with Gasteiger partial charge in [0.2, 0.25) is 0 Å². The highest BCUT2D eigenvalue weighted by atomic mass is 32.1. The van der Waals surface area contributed by atoms with Crippen LogP contribution < -0.4 is 19.6 Å². The van der Waals surface area contributed by atoms with Crippen molar-refractivity contribution in [3.8, 4) is 11.5 Å². The highest BCUT2D eigenvalue weighted by Crippen LogP contribution is 2.35. The first-order chi connectivity index (χ1) is 19.8. The van der Waals surface area contributed by atoms with Crippen LogP contribution in [0.2, 0.25) is 0 Å². The number of esters is 1. The molecule has 7 nitrogen and oxygen atoms in total. The molecule has 2 heterocycles. The number of carbonyl (C=O) groups excluding carboxylic acids is 1. The Balaban J connectivity index is 1.78. The third-order valence-electron chi connectivity index (χ3n) is 6.87. The minimum Gasteiger partial charge on any atom is -0.504 e. The molecule has 1 aliphatic rings. The van der Waals surface area contributed by atoms with Crippen molar-refractivity contribution in [2.75, 3.05) is 13.2 Å². The molecule has 5 rings (SSSR count). The van der Waals surface area contributed by atoms with Gasteiger partial charge < -0.3 is 14.6 Å². The van der Waals surface area contributed by atoms with E-state index in [1.807, 2.05) is 61.5 Å². The van der Waals surface area contributed by atoms with E-state index in [4.69, 9.17) is 14.5 Å². The van der Waals surface area contributed by atoms with Gasteiger partial charge in [0.1, 0.15) is 0 Å². The molecule has 210 valence electrons. The average molecular weight is 569 g/mol. The number of aromatic hydroxyl groups is 1. The molecular formula is C33H32N2O5S. The molecule has 1 aromatic heterocycles. The van der Waals surface area contributed by atoms with E-state index in [1.165, 1.54) is 11.3 Å². The van der Waals surface area contributed by atoms with Crippen LogP contribution in [0.4, 0.5) is 0 Å². The molecule has 0 saturated carbocycles. The molecule has 0 unspecified atom stereocenters. The second-order valence-corrected chi connectivity index (χ2v) is 10.9. The van der Waals surface area contributed by atoms with E-state index in [0.717, 1.165) is 16.7 Å². The molecule has 1 atom stereocenters. The maximum Gasteiger partial charge on any atom is 0.338 e. The Labute approximate surface area is 242 Å². The van der Waals surface area contributed by atoms with Crippen LogP contribution in [0.1, 0.15) is 61.9 Å². The minimum absolute atomic E-state index is 0.0295. The van der Waals surface area contributed by atoms with E-state index in [9.17, 15) is 14.7 Å². The lowest BCUT2D eigenvalue weighted by Crippen LogP contribution is -2.40. The van der Waals surface area contributed by atoms with Crippen LogP contribution in [0, 0.1) is 0 Å². The van der Waals surface area contributed by atoms with Gasteiger partial charge in [-0.25, -0.2) is 9.79 Å². The lowest BCUT2D eigenvalue weighted by molar-refractivity contribution is -0.138. The normalized spacial score (nSPS) is 15.0. The third-order valence-corrected chi connectivity index (χ3v) is 7.86. The minimum atomic E-state index is -0.734.